The molecule has 0 aromatic carbocycles. The number of rotatable bonds is 2. The molecular formula is C11H17NS. The maximum absolute atomic E-state index is 3.32. The largest absolute Gasteiger partial charge is 0.365 e. The van der Waals surface area contributed by atoms with Crippen LogP contribution in [0.3, 0.4) is 0 Å². The highest BCUT2D eigenvalue weighted by atomic mass is 32.2. The Labute approximate surface area is 85.0 Å². The van der Waals surface area contributed by atoms with Crippen molar-refractivity contribution in [2.24, 2.45) is 0 Å². The van der Waals surface area contributed by atoms with E-state index in [4.69, 9.17) is 0 Å². The number of hydrogen-bond acceptors (Lipinski definition) is 2. The SMILES string of the molecule is C/C=C\CC1=C(C)NC=C(C)CS1. The average Bonchev–Trinajstić information content (AvgIpc) is 2.28. The molecule has 0 aromatic heterocycles. The van der Waals surface area contributed by atoms with Gasteiger partial charge in [0, 0.05) is 22.6 Å². The molecule has 0 aromatic rings. The minimum absolute atomic E-state index is 1.06. The van der Waals surface area contributed by atoms with Crippen molar-refractivity contribution in [1.82, 2.24) is 5.32 Å². The van der Waals surface area contributed by atoms with Crippen molar-refractivity contribution in [1.29, 1.82) is 0 Å². The molecule has 1 aliphatic heterocycles. The summed E-state index contributed by atoms with van der Waals surface area (Å²) in [7, 11) is 0. The minimum atomic E-state index is 1.06. The average molecular weight is 195 g/mol. The number of thioether (sulfide) groups is 1. The molecule has 0 unspecified atom stereocenters. The predicted octanol–water partition coefficient (Wildman–Crippen LogP) is 3.42. The topological polar surface area (TPSA) is 12.0 Å². The highest BCUT2D eigenvalue weighted by Gasteiger charge is 2.05. The van der Waals surface area contributed by atoms with E-state index in [1.54, 1.807) is 0 Å². The van der Waals surface area contributed by atoms with E-state index in [1.165, 1.54) is 16.2 Å². The summed E-state index contributed by atoms with van der Waals surface area (Å²) in [5.41, 5.74) is 2.69. The molecule has 1 aliphatic rings. The Morgan fingerprint density at radius 1 is 1.54 bits per heavy atom. The highest BCUT2D eigenvalue weighted by molar-refractivity contribution is 8.03. The van der Waals surface area contributed by atoms with Crippen LogP contribution in [0.2, 0.25) is 0 Å². The molecule has 1 N–H and O–H groups in total. The second kappa shape index (κ2) is 5.18. The van der Waals surface area contributed by atoms with Gasteiger partial charge < -0.3 is 5.32 Å². The fourth-order valence-corrected chi connectivity index (χ4v) is 2.07. The van der Waals surface area contributed by atoms with Gasteiger partial charge in [0.05, 0.1) is 0 Å². The van der Waals surface area contributed by atoms with Crippen LogP contribution in [0.1, 0.15) is 27.2 Å². The molecule has 0 atom stereocenters. The van der Waals surface area contributed by atoms with Crippen molar-refractivity contribution >= 4 is 11.8 Å². The van der Waals surface area contributed by atoms with Crippen LogP contribution in [0.5, 0.6) is 0 Å². The summed E-state index contributed by atoms with van der Waals surface area (Å²) in [4.78, 5) is 1.45. The second-order valence-electron chi connectivity index (χ2n) is 3.25. The van der Waals surface area contributed by atoms with Crippen molar-refractivity contribution < 1.29 is 0 Å². The maximum Gasteiger partial charge on any atom is 0.0214 e. The lowest BCUT2D eigenvalue weighted by molar-refractivity contribution is 1.02. The van der Waals surface area contributed by atoms with Gasteiger partial charge in [-0.25, -0.2) is 0 Å². The molecule has 0 fully saturated rings. The fourth-order valence-electron chi connectivity index (χ4n) is 1.10. The van der Waals surface area contributed by atoms with Gasteiger partial charge in [0.15, 0.2) is 0 Å². The molecule has 13 heavy (non-hydrogen) atoms. The third-order valence-electron chi connectivity index (χ3n) is 1.97. The molecule has 0 spiro atoms. The maximum atomic E-state index is 3.32. The zero-order valence-corrected chi connectivity index (χ0v) is 9.37. The lowest BCUT2D eigenvalue weighted by atomic mass is 10.3. The smallest absolute Gasteiger partial charge is 0.0214 e. The molecular weight excluding hydrogens is 178 g/mol. The zero-order valence-electron chi connectivity index (χ0n) is 8.55. The quantitative estimate of drug-likeness (QED) is 0.678. The number of allylic oxidation sites excluding steroid dienone is 4. The Bertz CT molecular complexity index is 261. The van der Waals surface area contributed by atoms with Gasteiger partial charge in [-0.05, 0) is 32.8 Å². The van der Waals surface area contributed by atoms with E-state index >= 15 is 0 Å². The lowest BCUT2D eigenvalue weighted by Gasteiger charge is -2.05. The van der Waals surface area contributed by atoms with E-state index in [9.17, 15) is 0 Å². The monoisotopic (exact) mass is 195 g/mol. The molecule has 0 saturated heterocycles. The molecule has 72 valence electrons. The van der Waals surface area contributed by atoms with E-state index in [-0.39, 0.29) is 0 Å². The molecule has 0 bridgehead atoms. The van der Waals surface area contributed by atoms with Crippen LogP contribution >= 0.6 is 11.8 Å². The third kappa shape index (κ3) is 3.31. The van der Waals surface area contributed by atoms with Gasteiger partial charge >= 0.3 is 0 Å². The molecule has 0 aliphatic carbocycles. The predicted molar refractivity (Wildman–Crippen MR) is 61.5 cm³/mol. The highest BCUT2D eigenvalue weighted by Crippen LogP contribution is 2.26. The molecule has 1 nitrogen and oxygen atoms in total. The first-order valence-corrected chi connectivity index (χ1v) is 5.58. The standard InChI is InChI=1S/C11H17NS/c1-4-5-6-11-10(3)12-7-9(2)8-13-11/h4-5,7,12H,6,8H2,1-3H3/b5-4-. The Balaban J connectivity index is 2.64. The molecule has 0 amide bonds. The van der Waals surface area contributed by atoms with Gasteiger partial charge in [-0.3, -0.25) is 0 Å². The van der Waals surface area contributed by atoms with E-state index in [1.807, 2.05) is 11.8 Å². The van der Waals surface area contributed by atoms with Crippen molar-refractivity contribution in [2.75, 3.05) is 5.75 Å². The zero-order chi connectivity index (χ0) is 9.68. The van der Waals surface area contributed by atoms with Crippen molar-refractivity contribution in [3.63, 3.8) is 0 Å². The van der Waals surface area contributed by atoms with Crippen molar-refractivity contribution in [2.45, 2.75) is 27.2 Å². The van der Waals surface area contributed by atoms with Gasteiger partial charge in [-0.1, -0.05) is 12.2 Å². The van der Waals surface area contributed by atoms with Gasteiger partial charge in [0.2, 0.25) is 0 Å². The van der Waals surface area contributed by atoms with Crippen LogP contribution < -0.4 is 5.32 Å². The van der Waals surface area contributed by atoms with Gasteiger partial charge in [0.25, 0.3) is 0 Å². The first-order valence-electron chi connectivity index (χ1n) is 4.60. The van der Waals surface area contributed by atoms with E-state index < -0.39 is 0 Å². The summed E-state index contributed by atoms with van der Waals surface area (Å²) in [5, 5.41) is 3.32. The van der Waals surface area contributed by atoms with E-state index in [0.717, 1.165) is 12.2 Å². The van der Waals surface area contributed by atoms with Gasteiger partial charge in [-0.15, -0.1) is 11.8 Å². The van der Waals surface area contributed by atoms with Crippen LogP contribution in [0.4, 0.5) is 0 Å². The first-order chi connectivity index (χ1) is 6.24. The Hall–Kier alpha value is -0.630. The van der Waals surface area contributed by atoms with Gasteiger partial charge in [-0.2, -0.15) is 0 Å². The normalized spacial score (nSPS) is 18.5. The van der Waals surface area contributed by atoms with E-state index in [0.29, 0.717) is 0 Å². The molecule has 2 heteroatoms. The summed E-state index contributed by atoms with van der Waals surface area (Å²) < 4.78 is 0. The van der Waals surface area contributed by atoms with Crippen LogP contribution in [0.25, 0.3) is 0 Å². The van der Waals surface area contributed by atoms with Crippen molar-refractivity contribution in [3.8, 4) is 0 Å². The van der Waals surface area contributed by atoms with E-state index in [2.05, 4.69) is 44.4 Å². The fraction of sp³-hybridized carbons (Fsp3) is 0.455. The molecule has 1 heterocycles. The van der Waals surface area contributed by atoms with Crippen LogP contribution in [0, 0.1) is 0 Å². The summed E-state index contributed by atoms with van der Waals surface area (Å²) in [6.45, 7) is 6.36. The summed E-state index contributed by atoms with van der Waals surface area (Å²) in [6.07, 6.45) is 7.46. The Kier molecular flexibility index (Phi) is 4.16. The van der Waals surface area contributed by atoms with Crippen LogP contribution in [0.15, 0.2) is 34.5 Å². The molecule has 1 rings (SSSR count). The Morgan fingerprint density at radius 2 is 2.31 bits per heavy atom. The second-order valence-corrected chi connectivity index (χ2v) is 4.32. The minimum Gasteiger partial charge on any atom is -0.365 e. The summed E-state index contributed by atoms with van der Waals surface area (Å²) in [6, 6.07) is 0. The number of hydrogen-bond donors (Lipinski definition) is 1. The molecule has 0 radical (unpaired) electrons. The van der Waals surface area contributed by atoms with Crippen LogP contribution in [-0.2, 0) is 0 Å². The summed E-state index contributed by atoms with van der Waals surface area (Å²) in [5.74, 6) is 1.11. The van der Waals surface area contributed by atoms with Crippen molar-refractivity contribution in [3.05, 3.63) is 34.5 Å². The first kappa shape index (κ1) is 10.5. The Morgan fingerprint density at radius 3 is 3.00 bits per heavy atom. The third-order valence-corrected chi connectivity index (χ3v) is 3.39. The molecule has 0 saturated carbocycles. The van der Waals surface area contributed by atoms with Crippen LogP contribution in [-0.4, -0.2) is 5.75 Å². The number of nitrogens with one attached hydrogen (secondary N) is 1. The van der Waals surface area contributed by atoms with Gasteiger partial charge in [0.1, 0.15) is 0 Å². The summed E-state index contributed by atoms with van der Waals surface area (Å²) >= 11 is 1.94. The lowest BCUT2D eigenvalue weighted by Crippen LogP contribution is -2.02.